The second-order valence-corrected chi connectivity index (χ2v) is 10.4. The molecule has 0 spiro atoms. The van der Waals surface area contributed by atoms with Gasteiger partial charge >= 0.3 is 12.1 Å². The van der Waals surface area contributed by atoms with E-state index < -0.39 is 33.6 Å². The smallest absolute Gasteiger partial charge is 0.410 e. The van der Waals surface area contributed by atoms with Gasteiger partial charge in [0.15, 0.2) is 9.84 Å². The molecule has 0 bridgehead atoms. The summed E-state index contributed by atoms with van der Waals surface area (Å²) in [5, 5.41) is 2.76. The first-order chi connectivity index (χ1) is 16.2. The summed E-state index contributed by atoms with van der Waals surface area (Å²) in [6.45, 7) is 4.31. The third-order valence-corrected chi connectivity index (χ3v) is 7.82. The number of hydrogen-bond donors (Lipinski definition) is 1. The summed E-state index contributed by atoms with van der Waals surface area (Å²) in [7, 11) is -2.46. The third kappa shape index (κ3) is 5.68. The molecule has 2 amide bonds. The van der Waals surface area contributed by atoms with Crippen molar-refractivity contribution in [2.75, 3.05) is 37.9 Å². The van der Waals surface area contributed by atoms with Crippen molar-refractivity contribution >= 4 is 44.1 Å². The van der Waals surface area contributed by atoms with Gasteiger partial charge in [-0.1, -0.05) is 0 Å². The minimum Gasteiger partial charge on any atom is -0.497 e. The fourth-order valence-corrected chi connectivity index (χ4v) is 5.89. The van der Waals surface area contributed by atoms with Crippen LogP contribution in [0.1, 0.15) is 34.6 Å². The predicted octanol–water partition coefficient (Wildman–Crippen LogP) is 2.86. The number of sulfone groups is 1. The third-order valence-electron chi connectivity index (χ3n) is 5.06. The highest BCUT2D eigenvalue weighted by atomic mass is 32.2. The number of esters is 1. The Bertz CT molecular complexity index is 1170. The van der Waals surface area contributed by atoms with Crippen LogP contribution >= 0.6 is 11.3 Å². The highest BCUT2D eigenvalue weighted by molar-refractivity contribution is 7.92. The molecular formula is C22H26N2O8S2. The first-order valence-electron chi connectivity index (χ1n) is 10.6. The average Bonchev–Trinajstić information content (AvgIpc) is 3.15. The Labute approximate surface area is 201 Å². The number of anilines is 1. The van der Waals surface area contributed by atoms with Gasteiger partial charge in [-0.25, -0.2) is 18.0 Å². The van der Waals surface area contributed by atoms with Crippen molar-refractivity contribution < 1.29 is 37.0 Å². The van der Waals surface area contributed by atoms with E-state index in [-0.39, 0.29) is 35.2 Å². The molecule has 1 aromatic carbocycles. The number of thiophene rings is 1. The largest absolute Gasteiger partial charge is 0.497 e. The molecule has 0 saturated carbocycles. The molecule has 34 heavy (non-hydrogen) atoms. The summed E-state index contributed by atoms with van der Waals surface area (Å²) in [6, 6.07) is 5.71. The number of carbonyl (C=O) groups excluding carboxylic acids is 3. The Hall–Kier alpha value is -3.12. The minimum absolute atomic E-state index is 0.0235. The van der Waals surface area contributed by atoms with Gasteiger partial charge in [-0.2, -0.15) is 0 Å². The van der Waals surface area contributed by atoms with Crippen molar-refractivity contribution in [2.24, 2.45) is 0 Å². The van der Waals surface area contributed by atoms with E-state index in [9.17, 15) is 22.8 Å². The zero-order chi connectivity index (χ0) is 24.9. The van der Waals surface area contributed by atoms with Crippen LogP contribution in [0.3, 0.4) is 0 Å². The van der Waals surface area contributed by atoms with Gasteiger partial charge in [0.25, 0.3) is 0 Å². The standard InChI is InChI=1S/C22H26N2O8S2/c1-4-31-21(26)19-16-10-11-24(22(27)32-5-2)12-17(16)33-20(19)23-18(25)13-34(28,29)15-8-6-14(30-3)7-9-15/h6-9H,4-5,10-13H2,1-3H3,(H,23,25). The zero-order valence-corrected chi connectivity index (χ0v) is 20.7. The number of nitrogens with one attached hydrogen (secondary N) is 1. The lowest BCUT2D eigenvalue weighted by atomic mass is 10.0. The van der Waals surface area contributed by atoms with Crippen LogP contribution in [-0.2, 0) is 37.1 Å². The maximum atomic E-state index is 12.7. The average molecular weight is 511 g/mol. The molecule has 184 valence electrons. The summed E-state index contributed by atoms with van der Waals surface area (Å²) >= 11 is 1.12. The second kappa shape index (κ2) is 10.9. The van der Waals surface area contributed by atoms with Gasteiger partial charge in [-0.15, -0.1) is 11.3 Å². The monoisotopic (exact) mass is 510 g/mol. The molecular weight excluding hydrogens is 484 g/mol. The van der Waals surface area contributed by atoms with Crippen molar-refractivity contribution in [2.45, 2.75) is 31.7 Å². The van der Waals surface area contributed by atoms with E-state index >= 15 is 0 Å². The van der Waals surface area contributed by atoms with Crippen LogP contribution in [0.25, 0.3) is 0 Å². The Morgan fingerprint density at radius 3 is 2.38 bits per heavy atom. The maximum absolute atomic E-state index is 12.7. The lowest BCUT2D eigenvalue weighted by Gasteiger charge is -2.26. The zero-order valence-electron chi connectivity index (χ0n) is 19.1. The van der Waals surface area contributed by atoms with Crippen LogP contribution in [0.2, 0.25) is 0 Å². The first kappa shape index (κ1) is 25.5. The SMILES string of the molecule is CCOC(=O)c1c(NC(=O)CS(=O)(=O)c2ccc(OC)cc2)sc2c1CCN(C(=O)OCC)C2. The van der Waals surface area contributed by atoms with Crippen LogP contribution in [0, 0.1) is 0 Å². The van der Waals surface area contributed by atoms with E-state index in [1.165, 1.54) is 36.3 Å². The summed E-state index contributed by atoms with van der Waals surface area (Å²) in [5.41, 5.74) is 0.873. The molecule has 2 aromatic rings. The van der Waals surface area contributed by atoms with Gasteiger partial charge in [0.1, 0.15) is 16.5 Å². The number of amides is 2. The normalized spacial score (nSPS) is 13.1. The van der Waals surface area contributed by atoms with E-state index in [1.807, 2.05) is 0 Å². The molecule has 1 N–H and O–H groups in total. The summed E-state index contributed by atoms with van der Waals surface area (Å²) in [6.07, 6.45) is -0.0888. The number of fused-ring (bicyclic) bond motifs is 1. The highest BCUT2D eigenvalue weighted by Gasteiger charge is 2.32. The van der Waals surface area contributed by atoms with Gasteiger partial charge in [0.05, 0.1) is 37.3 Å². The van der Waals surface area contributed by atoms with Gasteiger partial charge < -0.3 is 24.4 Å². The van der Waals surface area contributed by atoms with Crippen LogP contribution in [0.4, 0.5) is 9.80 Å². The molecule has 1 aliphatic heterocycles. The molecule has 2 heterocycles. The van der Waals surface area contributed by atoms with E-state index in [0.29, 0.717) is 29.2 Å². The van der Waals surface area contributed by atoms with Crippen molar-refractivity contribution in [3.63, 3.8) is 0 Å². The summed E-state index contributed by atoms with van der Waals surface area (Å²) < 4.78 is 40.6. The summed E-state index contributed by atoms with van der Waals surface area (Å²) in [4.78, 5) is 39.7. The molecule has 1 aromatic heterocycles. The molecule has 0 fully saturated rings. The molecule has 10 nitrogen and oxygen atoms in total. The van der Waals surface area contributed by atoms with Crippen LogP contribution in [-0.4, -0.2) is 63.9 Å². The highest BCUT2D eigenvalue weighted by Crippen LogP contribution is 2.38. The molecule has 1 aliphatic rings. The van der Waals surface area contributed by atoms with E-state index in [1.54, 1.807) is 13.8 Å². The van der Waals surface area contributed by atoms with Crippen molar-refractivity contribution in [1.29, 1.82) is 0 Å². The Balaban J connectivity index is 1.83. The quantitative estimate of drug-likeness (QED) is 0.537. The first-order valence-corrected chi connectivity index (χ1v) is 13.1. The molecule has 0 radical (unpaired) electrons. The van der Waals surface area contributed by atoms with E-state index in [4.69, 9.17) is 14.2 Å². The fourth-order valence-electron chi connectivity index (χ4n) is 3.48. The minimum atomic E-state index is -3.92. The predicted molar refractivity (Wildman–Crippen MR) is 125 cm³/mol. The number of methoxy groups -OCH3 is 1. The Morgan fingerprint density at radius 1 is 1.09 bits per heavy atom. The number of ether oxygens (including phenoxy) is 3. The number of benzene rings is 1. The van der Waals surface area contributed by atoms with E-state index in [2.05, 4.69) is 5.32 Å². The van der Waals surface area contributed by atoms with Crippen LogP contribution in [0.15, 0.2) is 29.2 Å². The lowest BCUT2D eigenvalue weighted by molar-refractivity contribution is -0.113. The topological polar surface area (TPSA) is 128 Å². The van der Waals surface area contributed by atoms with Crippen LogP contribution in [0.5, 0.6) is 5.75 Å². The van der Waals surface area contributed by atoms with Gasteiger partial charge in [-0.3, -0.25) is 4.79 Å². The van der Waals surface area contributed by atoms with Crippen molar-refractivity contribution in [3.8, 4) is 5.75 Å². The molecule has 0 saturated heterocycles. The number of carbonyl (C=O) groups is 3. The van der Waals surface area contributed by atoms with E-state index in [0.717, 1.165) is 11.3 Å². The number of hydrogen-bond acceptors (Lipinski definition) is 9. The van der Waals surface area contributed by atoms with Gasteiger partial charge in [0, 0.05) is 11.4 Å². The fraction of sp³-hybridized carbons (Fsp3) is 0.409. The second-order valence-electron chi connectivity index (χ2n) is 7.28. The molecule has 0 unspecified atom stereocenters. The van der Waals surface area contributed by atoms with Gasteiger partial charge in [-0.05, 0) is 50.1 Å². The molecule has 12 heteroatoms. The number of rotatable bonds is 8. The maximum Gasteiger partial charge on any atom is 0.410 e. The lowest BCUT2D eigenvalue weighted by Crippen LogP contribution is -2.36. The van der Waals surface area contributed by atoms with Crippen LogP contribution < -0.4 is 10.1 Å². The molecule has 0 atom stereocenters. The Kier molecular flexibility index (Phi) is 8.15. The molecule has 3 rings (SSSR count). The van der Waals surface area contributed by atoms with Crippen molar-refractivity contribution in [3.05, 3.63) is 40.3 Å². The van der Waals surface area contributed by atoms with Crippen molar-refractivity contribution in [1.82, 2.24) is 4.90 Å². The van der Waals surface area contributed by atoms with Gasteiger partial charge in [0.2, 0.25) is 5.91 Å². The Morgan fingerprint density at radius 2 is 1.76 bits per heavy atom. The molecule has 0 aliphatic carbocycles. The number of nitrogens with zero attached hydrogens (tertiary/aromatic N) is 1. The summed E-state index contributed by atoms with van der Waals surface area (Å²) in [5.74, 6) is -1.72.